The lowest BCUT2D eigenvalue weighted by Crippen LogP contribution is -2.30. The molecular formula is C31H32F4. The molecule has 4 rings (SSSR count). The summed E-state index contributed by atoms with van der Waals surface area (Å²) in [5, 5.41) is 0. The van der Waals surface area contributed by atoms with Gasteiger partial charge in [0.25, 0.3) is 0 Å². The fourth-order valence-corrected chi connectivity index (χ4v) is 5.90. The molecule has 0 nitrogen and oxygen atoms in total. The summed E-state index contributed by atoms with van der Waals surface area (Å²) in [7, 11) is 0. The largest absolute Gasteiger partial charge is 0.203 e. The normalized spacial score (nSPS) is 24.0. The molecule has 0 bridgehead atoms. The van der Waals surface area contributed by atoms with Crippen LogP contribution in [0.4, 0.5) is 17.6 Å². The molecule has 0 spiro atoms. The molecule has 184 valence electrons. The van der Waals surface area contributed by atoms with Crippen molar-refractivity contribution in [2.24, 2.45) is 17.8 Å². The van der Waals surface area contributed by atoms with E-state index in [9.17, 15) is 13.2 Å². The van der Waals surface area contributed by atoms with Crippen molar-refractivity contribution in [3.05, 3.63) is 94.6 Å². The van der Waals surface area contributed by atoms with Gasteiger partial charge in [0.05, 0.1) is 11.1 Å². The number of halogens is 4. The average molecular weight is 481 g/mol. The van der Waals surface area contributed by atoms with Crippen molar-refractivity contribution >= 4 is 0 Å². The SMILES string of the molecule is C=CCCc1ccc(C#Cc2ccc(C3CCC4CC(/C=C/C)CCC4C3)c(F)c2F)c(F)c1F. The van der Waals surface area contributed by atoms with Crippen molar-refractivity contribution in [2.75, 3.05) is 0 Å². The topological polar surface area (TPSA) is 0 Å². The van der Waals surface area contributed by atoms with Gasteiger partial charge >= 0.3 is 0 Å². The van der Waals surface area contributed by atoms with Crippen LogP contribution in [0.15, 0.2) is 49.1 Å². The lowest BCUT2D eigenvalue weighted by atomic mass is 9.64. The van der Waals surface area contributed by atoms with Gasteiger partial charge in [0, 0.05) is 0 Å². The first-order chi connectivity index (χ1) is 16.9. The Labute approximate surface area is 206 Å². The summed E-state index contributed by atoms with van der Waals surface area (Å²) < 4.78 is 58.7. The van der Waals surface area contributed by atoms with Crippen molar-refractivity contribution in [1.82, 2.24) is 0 Å². The van der Waals surface area contributed by atoms with E-state index in [0.717, 1.165) is 32.1 Å². The van der Waals surface area contributed by atoms with Gasteiger partial charge in [-0.3, -0.25) is 0 Å². The second-order valence-electron chi connectivity index (χ2n) is 9.94. The Balaban J connectivity index is 1.50. The van der Waals surface area contributed by atoms with Crippen molar-refractivity contribution in [1.29, 1.82) is 0 Å². The van der Waals surface area contributed by atoms with E-state index in [4.69, 9.17) is 0 Å². The number of hydrogen-bond acceptors (Lipinski definition) is 0. The highest BCUT2D eigenvalue weighted by atomic mass is 19.2. The molecular weight excluding hydrogens is 448 g/mol. The summed E-state index contributed by atoms with van der Waals surface area (Å²) in [6.45, 7) is 5.64. The van der Waals surface area contributed by atoms with Gasteiger partial charge in [-0.1, -0.05) is 42.2 Å². The number of hydrogen-bond donors (Lipinski definition) is 0. The van der Waals surface area contributed by atoms with Gasteiger partial charge < -0.3 is 0 Å². The first kappa shape index (κ1) is 25.3. The van der Waals surface area contributed by atoms with Gasteiger partial charge in [-0.05, 0) is 105 Å². The van der Waals surface area contributed by atoms with Crippen LogP contribution in [0.5, 0.6) is 0 Å². The molecule has 4 unspecified atom stereocenters. The Morgan fingerprint density at radius 1 is 0.829 bits per heavy atom. The molecule has 0 heterocycles. The van der Waals surface area contributed by atoms with Gasteiger partial charge in [0.2, 0.25) is 0 Å². The van der Waals surface area contributed by atoms with Gasteiger partial charge in [0.15, 0.2) is 23.3 Å². The Morgan fingerprint density at radius 2 is 1.49 bits per heavy atom. The molecule has 2 aromatic rings. The molecule has 0 aromatic heterocycles. The number of rotatable bonds is 5. The standard InChI is InChI=1S/C31H32F4/c1-3-5-7-21-10-11-22(29(33)28(21)32)12-13-23-16-17-27(31(35)30(23)34)26-15-14-24-18-20(6-4-2)8-9-25(24)19-26/h3-4,6,10-11,16-17,20,24-26H,1,5,7-9,14-15,18-19H2,2H3/b6-4+. The number of allylic oxidation sites excluding steroid dienone is 3. The highest BCUT2D eigenvalue weighted by Crippen LogP contribution is 2.48. The number of fused-ring (bicyclic) bond motifs is 1. The van der Waals surface area contributed by atoms with Crippen LogP contribution >= 0.6 is 0 Å². The highest BCUT2D eigenvalue weighted by molar-refractivity contribution is 5.46. The van der Waals surface area contributed by atoms with Crippen molar-refractivity contribution in [3.8, 4) is 11.8 Å². The molecule has 0 radical (unpaired) electrons. The van der Waals surface area contributed by atoms with Crippen molar-refractivity contribution in [3.63, 3.8) is 0 Å². The Bertz CT molecular complexity index is 1170. The minimum absolute atomic E-state index is 0.000627. The van der Waals surface area contributed by atoms with E-state index in [2.05, 4.69) is 37.5 Å². The van der Waals surface area contributed by atoms with E-state index in [1.807, 2.05) is 0 Å². The lowest BCUT2D eigenvalue weighted by Gasteiger charge is -2.41. The van der Waals surface area contributed by atoms with Crippen LogP contribution in [0.25, 0.3) is 0 Å². The van der Waals surface area contributed by atoms with E-state index < -0.39 is 23.3 Å². The molecule has 0 saturated heterocycles. The highest BCUT2D eigenvalue weighted by Gasteiger charge is 2.36. The van der Waals surface area contributed by atoms with Crippen molar-refractivity contribution in [2.45, 2.75) is 64.2 Å². The summed E-state index contributed by atoms with van der Waals surface area (Å²) in [4.78, 5) is 0. The molecule has 4 heteroatoms. The van der Waals surface area contributed by atoms with E-state index in [1.54, 1.807) is 12.1 Å². The molecule has 2 fully saturated rings. The number of aryl methyl sites for hydroxylation is 1. The van der Waals surface area contributed by atoms with Crippen LogP contribution in [-0.2, 0) is 6.42 Å². The first-order valence-electron chi connectivity index (χ1n) is 12.6. The third-order valence-electron chi connectivity index (χ3n) is 7.78. The maximum Gasteiger partial charge on any atom is 0.174 e. The Kier molecular flexibility index (Phi) is 8.16. The summed E-state index contributed by atoms with van der Waals surface area (Å²) in [5.41, 5.74) is 0.313. The molecule has 0 N–H and O–H groups in total. The zero-order chi connectivity index (χ0) is 24.9. The van der Waals surface area contributed by atoms with Gasteiger partial charge in [0.1, 0.15) is 0 Å². The van der Waals surface area contributed by atoms with Crippen LogP contribution in [0.3, 0.4) is 0 Å². The van der Waals surface area contributed by atoms with Gasteiger partial charge in [-0.2, -0.15) is 0 Å². The summed E-state index contributed by atoms with van der Waals surface area (Å²) in [6.07, 6.45) is 13.2. The predicted molar refractivity (Wildman–Crippen MR) is 133 cm³/mol. The fraction of sp³-hybridized carbons (Fsp3) is 0.419. The molecule has 2 saturated carbocycles. The number of benzene rings is 2. The zero-order valence-electron chi connectivity index (χ0n) is 20.2. The third-order valence-corrected chi connectivity index (χ3v) is 7.78. The second-order valence-corrected chi connectivity index (χ2v) is 9.94. The van der Waals surface area contributed by atoms with Gasteiger partial charge in [-0.15, -0.1) is 6.58 Å². The van der Waals surface area contributed by atoms with Gasteiger partial charge in [-0.25, -0.2) is 17.6 Å². The van der Waals surface area contributed by atoms with Crippen LogP contribution in [0.1, 0.15) is 80.0 Å². The Morgan fingerprint density at radius 3 is 2.20 bits per heavy atom. The van der Waals surface area contributed by atoms with Crippen LogP contribution in [-0.4, -0.2) is 0 Å². The van der Waals surface area contributed by atoms with Crippen LogP contribution in [0, 0.1) is 52.9 Å². The fourth-order valence-electron chi connectivity index (χ4n) is 5.90. The van der Waals surface area contributed by atoms with E-state index in [-0.39, 0.29) is 22.6 Å². The van der Waals surface area contributed by atoms with E-state index >= 15 is 4.39 Å². The predicted octanol–water partition coefficient (Wildman–Crippen LogP) is 8.64. The second kappa shape index (κ2) is 11.3. The molecule has 35 heavy (non-hydrogen) atoms. The minimum atomic E-state index is -1.07. The van der Waals surface area contributed by atoms with Crippen molar-refractivity contribution < 1.29 is 17.6 Å². The minimum Gasteiger partial charge on any atom is -0.203 e. The molecule has 4 atom stereocenters. The maximum absolute atomic E-state index is 15.1. The zero-order valence-corrected chi connectivity index (χ0v) is 20.2. The molecule has 2 aromatic carbocycles. The van der Waals surface area contributed by atoms with E-state index in [1.165, 1.54) is 24.6 Å². The maximum atomic E-state index is 15.1. The summed E-state index contributed by atoms with van der Waals surface area (Å²) >= 11 is 0. The lowest BCUT2D eigenvalue weighted by molar-refractivity contribution is 0.132. The van der Waals surface area contributed by atoms with E-state index in [0.29, 0.717) is 36.2 Å². The molecule has 0 amide bonds. The average Bonchev–Trinajstić information content (AvgIpc) is 2.86. The smallest absolute Gasteiger partial charge is 0.174 e. The summed E-state index contributed by atoms with van der Waals surface area (Å²) in [6, 6.07) is 5.92. The monoisotopic (exact) mass is 480 g/mol. The molecule has 2 aliphatic rings. The van der Waals surface area contributed by atoms with Crippen LogP contribution in [0.2, 0.25) is 0 Å². The third kappa shape index (κ3) is 5.56. The quantitative estimate of drug-likeness (QED) is 0.228. The first-order valence-corrected chi connectivity index (χ1v) is 12.6. The molecule has 0 aliphatic heterocycles. The summed E-state index contributed by atoms with van der Waals surface area (Å²) in [5.74, 6) is 2.93. The van der Waals surface area contributed by atoms with Crippen LogP contribution < -0.4 is 0 Å². The molecule has 2 aliphatic carbocycles. The Hall–Kier alpha value is -2.80.